The summed E-state index contributed by atoms with van der Waals surface area (Å²) in [5.74, 6) is 1.08. The minimum Gasteiger partial charge on any atom is -0.340 e. The molecule has 26 heavy (non-hydrogen) atoms. The Morgan fingerprint density at radius 3 is 2.35 bits per heavy atom. The molecule has 0 aliphatic carbocycles. The van der Waals surface area contributed by atoms with Gasteiger partial charge in [-0.15, -0.1) is 0 Å². The first-order chi connectivity index (χ1) is 12.6. The minimum absolute atomic E-state index is 0.444. The van der Waals surface area contributed by atoms with Gasteiger partial charge >= 0.3 is 0 Å². The lowest BCUT2D eigenvalue weighted by molar-refractivity contribution is 0.112. The van der Waals surface area contributed by atoms with Crippen molar-refractivity contribution in [1.82, 2.24) is 9.97 Å². The number of anilines is 4. The normalized spacial score (nSPS) is 10.0. The van der Waals surface area contributed by atoms with Gasteiger partial charge < -0.3 is 10.6 Å². The van der Waals surface area contributed by atoms with Gasteiger partial charge in [0.15, 0.2) is 0 Å². The van der Waals surface area contributed by atoms with Crippen molar-refractivity contribution >= 4 is 29.4 Å². The number of hydrogen-bond acceptors (Lipinski definition) is 6. The van der Waals surface area contributed by atoms with E-state index in [0.29, 0.717) is 22.9 Å². The van der Waals surface area contributed by atoms with Gasteiger partial charge in [0, 0.05) is 23.1 Å². The van der Waals surface area contributed by atoms with Gasteiger partial charge in [0.1, 0.15) is 12.1 Å². The van der Waals surface area contributed by atoms with Crippen LogP contribution in [0.3, 0.4) is 0 Å². The fraction of sp³-hybridized carbons (Fsp3) is 0.100. The molecule has 2 aromatic carbocycles. The van der Waals surface area contributed by atoms with Crippen molar-refractivity contribution in [3.8, 4) is 6.07 Å². The van der Waals surface area contributed by atoms with Crippen LogP contribution in [0.4, 0.5) is 23.1 Å². The molecule has 0 saturated carbocycles. The van der Waals surface area contributed by atoms with Gasteiger partial charge in [-0.05, 0) is 67.4 Å². The molecule has 0 amide bonds. The lowest BCUT2D eigenvalue weighted by Gasteiger charge is -2.13. The second-order valence-corrected chi connectivity index (χ2v) is 5.85. The highest BCUT2D eigenvalue weighted by molar-refractivity contribution is 5.79. The van der Waals surface area contributed by atoms with Gasteiger partial charge in [0.2, 0.25) is 5.95 Å². The van der Waals surface area contributed by atoms with E-state index in [-0.39, 0.29) is 0 Å². The first-order valence-electron chi connectivity index (χ1n) is 8.03. The van der Waals surface area contributed by atoms with Gasteiger partial charge in [-0.2, -0.15) is 10.2 Å². The van der Waals surface area contributed by atoms with E-state index in [4.69, 9.17) is 5.26 Å². The molecular formula is C20H17N5O. The number of benzene rings is 2. The van der Waals surface area contributed by atoms with Gasteiger partial charge in [-0.25, -0.2) is 4.98 Å². The minimum atomic E-state index is 0.444. The van der Waals surface area contributed by atoms with Crippen LogP contribution in [0.5, 0.6) is 0 Å². The van der Waals surface area contributed by atoms with Crippen LogP contribution in [-0.4, -0.2) is 16.3 Å². The fourth-order valence-corrected chi connectivity index (χ4v) is 2.64. The van der Waals surface area contributed by atoms with Crippen LogP contribution < -0.4 is 10.6 Å². The van der Waals surface area contributed by atoms with Crippen molar-refractivity contribution < 1.29 is 4.79 Å². The maximum atomic E-state index is 11.0. The summed E-state index contributed by atoms with van der Waals surface area (Å²) in [6.45, 7) is 3.89. The SMILES string of the molecule is Cc1cc(C=O)cc(C)c1Nc1ccnc(Nc2ccc(C#N)cc2)n1. The third-order valence-corrected chi connectivity index (χ3v) is 3.87. The molecule has 128 valence electrons. The molecule has 0 aliphatic heterocycles. The van der Waals surface area contributed by atoms with E-state index in [1.54, 1.807) is 36.5 Å². The standard InChI is InChI=1S/C20H17N5O/c1-13-9-16(12-26)10-14(2)19(13)24-18-7-8-22-20(25-18)23-17-5-3-15(11-21)4-6-17/h3-10,12H,1-2H3,(H2,22,23,24,25). The zero-order valence-corrected chi connectivity index (χ0v) is 14.4. The van der Waals surface area contributed by atoms with Crippen LogP contribution in [0.15, 0.2) is 48.7 Å². The Kier molecular flexibility index (Phi) is 4.90. The summed E-state index contributed by atoms with van der Waals surface area (Å²) >= 11 is 0. The number of nitrogens with zero attached hydrogens (tertiary/aromatic N) is 3. The Labute approximate surface area is 151 Å². The number of nitriles is 1. The smallest absolute Gasteiger partial charge is 0.229 e. The van der Waals surface area contributed by atoms with E-state index in [1.807, 2.05) is 26.0 Å². The molecule has 1 heterocycles. The lowest BCUT2D eigenvalue weighted by Crippen LogP contribution is -2.03. The van der Waals surface area contributed by atoms with Crippen LogP contribution in [0.1, 0.15) is 27.0 Å². The third kappa shape index (κ3) is 3.84. The van der Waals surface area contributed by atoms with Crippen LogP contribution in [0.25, 0.3) is 0 Å². The predicted octanol–water partition coefficient (Wildman–Crippen LogP) is 4.26. The Balaban J connectivity index is 1.81. The fourth-order valence-electron chi connectivity index (χ4n) is 2.64. The van der Waals surface area contributed by atoms with Crippen molar-refractivity contribution in [3.05, 3.63) is 70.9 Å². The summed E-state index contributed by atoms with van der Waals surface area (Å²) in [5.41, 5.74) is 4.88. The highest BCUT2D eigenvalue weighted by Crippen LogP contribution is 2.25. The van der Waals surface area contributed by atoms with Crippen LogP contribution in [-0.2, 0) is 0 Å². The Morgan fingerprint density at radius 2 is 1.73 bits per heavy atom. The first kappa shape index (κ1) is 17.1. The molecule has 2 N–H and O–H groups in total. The number of aromatic nitrogens is 2. The molecule has 0 atom stereocenters. The van der Waals surface area contributed by atoms with E-state index in [2.05, 4.69) is 26.7 Å². The largest absolute Gasteiger partial charge is 0.340 e. The molecule has 0 aliphatic rings. The summed E-state index contributed by atoms with van der Waals surface area (Å²) in [4.78, 5) is 19.7. The van der Waals surface area contributed by atoms with Crippen LogP contribution in [0.2, 0.25) is 0 Å². The maximum Gasteiger partial charge on any atom is 0.229 e. The molecule has 0 fully saturated rings. The van der Waals surface area contributed by atoms with Crippen molar-refractivity contribution in [1.29, 1.82) is 5.26 Å². The van der Waals surface area contributed by atoms with Crippen molar-refractivity contribution in [2.24, 2.45) is 0 Å². The highest BCUT2D eigenvalue weighted by atomic mass is 16.1. The van der Waals surface area contributed by atoms with Crippen molar-refractivity contribution in [3.63, 3.8) is 0 Å². The van der Waals surface area contributed by atoms with Crippen LogP contribution >= 0.6 is 0 Å². The zero-order valence-electron chi connectivity index (χ0n) is 14.4. The number of rotatable bonds is 5. The lowest BCUT2D eigenvalue weighted by atomic mass is 10.0. The van der Waals surface area contributed by atoms with E-state index < -0.39 is 0 Å². The molecule has 3 rings (SSSR count). The third-order valence-electron chi connectivity index (χ3n) is 3.87. The van der Waals surface area contributed by atoms with Crippen molar-refractivity contribution in [2.45, 2.75) is 13.8 Å². The number of hydrogen-bond donors (Lipinski definition) is 2. The molecule has 0 unspecified atom stereocenters. The molecule has 6 nitrogen and oxygen atoms in total. The topological polar surface area (TPSA) is 90.7 Å². The van der Waals surface area contributed by atoms with Gasteiger partial charge in [-0.1, -0.05) is 0 Å². The second-order valence-electron chi connectivity index (χ2n) is 5.85. The monoisotopic (exact) mass is 343 g/mol. The second kappa shape index (κ2) is 7.45. The molecule has 1 aromatic heterocycles. The Hall–Kier alpha value is -3.72. The summed E-state index contributed by atoms with van der Waals surface area (Å²) in [6.07, 6.45) is 2.50. The number of aldehydes is 1. The maximum absolute atomic E-state index is 11.0. The average molecular weight is 343 g/mol. The van der Waals surface area contributed by atoms with Crippen LogP contribution in [0, 0.1) is 25.2 Å². The molecule has 3 aromatic rings. The zero-order chi connectivity index (χ0) is 18.5. The Bertz CT molecular complexity index is 967. The van der Waals surface area contributed by atoms with Crippen molar-refractivity contribution in [2.75, 3.05) is 10.6 Å². The quantitative estimate of drug-likeness (QED) is 0.673. The van der Waals surface area contributed by atoms with E-state index in [0.717, 1.165) is 28.8 Å². The molecular weight excluding hydrogens is 326 g/mol. The molecule has 0 bridgehead atoms. The van der Waals surface area contributed by atoms with Gasteiger partial charge in [0.05, 0.1) is 11.6 Å². The molecule has 0 radical (unpaired) electrons. The predicted molar refractivity (Wildman–Crippen MR) is 101 cm³/mol. The average Bonchev–Trinajstić information content (AvgIpc) is 2.65. The summed E-state index contributed by atoms with van der Waals surface area (Å²) in [6, 6.07) is 14.6. The molecule has 6 heteroatoms. The summed E-state index contributed by atoms with van der Waals surface area (Å²) in [7, 11) is 0. The Morgan fingerprint density at radius 1 is 1.04 bits per heavy atom. The highest BCUT2D eigenvalue weighted by Gasteiger charge is 2.07. The van der Waals surface area contributed by atoms with E-state index in [9.17, 15) is 4.79 Å². The number of carbonyl (C=O) groups excluding carboxylic acids is 1. The van der Waals surface area contributed by atoms with E-state index in [1.165, 1.54) is 0 Å². The van der Waals surface area contributed by atoms with Gasteiger partial charge in [-0.3, -0.25) is 4.79 Å². The summed E-state index contributed by atoms with van der Waals surface area (Å²) in [5, 5.41) is 15.2. The number of aryl methyl sites for hydroxylation is 2. The number of carbonyl (C=O) groups is 1. The summed E-state index contributed by atoms with van der Waals surface area (Å²) < 4.78 is 0. The first-order valence-corrected chi connectivity index (χ1v) is 8.03. The molecule has 0 spiro atoms. The van der Waals surface area contributed by atoms with Gasteiger partial charge in [0.25, 0.3) is 0 Å². The molecule has 0 saturated heterocycles. The van der Waals surface area contributed by atoms with E-state index >= 15 is 0 Å². The number of nitrogens with one attached hydrogen (secondary N) is 2.